The van der Waals surface area contributed by atoms with Gasteiger partial charge in [-0.1, -0.05) is 0 Å². The molecule has 1 aromatic carbocycles. The summed E-state index contributed by atoms with van der Waals surface area (Å²) < 4.78 is 32.4. The SMILES string of the molecule is COC(=O)c1ncn(Cc2cc(F)ccc2F)c1N. The molecule has 2 rings (SSSR count). The van der Waals surface area contributed by atoms with Gasteiger partial charge in [0.2, 0.25) is 0 Å². The molecule has 0 aliphatic rings. The van der Waals surface area contributed by atoms with Gasteiger partial charge in [0, 0.05) is 5.56 Å². The molecular formula is C12H11F2N3O2. The Bertz CT molecular complexity index is 625. The van der Waals surface area contributed by atoms with E-state index in [-0.39, 0.29) is 23.6 Å². The van der Waals surface area contributed by atoms with E-state index < -0.39 is 17.6 Å². The van der Waals surface area contributed by atoms with Gasteiger partial charge in [-0.05, 0) is 18.2 Å². The van der Waals surface area contributed by atoms with Crippen LogP contribution in [0.5, 0.6) is 0 Å². The number of imidazole rings is 1. The van der Waals surface area contributed by atoms with Crippen molar-refractivity contribution in [2.24, 2.45) is 0 Å². The lowest BCUT2D eigenvalue weighted by atomic mass is 10.2. The molecule has 2 N–H and O–H groups in total. The van der Waals surface area contributed by atoms with Crippen LogP contribution in [0.4, 0.5) is 14.6 Å². The number of esters is 1. The average molecular weight is 267 g/mol. The van der Waals surface area contributed by atoms with Crippen molar-refractivity contribution in [2.75, 3.05) is 12.8 Å². The number of methoxy groups -OCH3 is 1. The van der Waals surface area contributed by atoms with Crippen LogP contribution in [0, 0.1) is 11.6 Å². The lowest BCUT2D eigenvalue weighted by molar-refractivity contribution is 0.0596. The van der Waals surface area contributed by atoms with Gasteiger partial charge >= 0.3 is 5.97 Å². The van der Waals surface area contributed by atoms with Gasteiger partial charge in [0.05, 0.1) is 20.0 Å². The molecule has 0 bridgehead atoms. The van der Waals surface area contributed by atoms with Gasteiger partial charge in [-0.25, -0.2) is 18.6 Å². The first-order chi connectivity index (χ1) is 9.02. The minimum atomic E-state index is -0.684. The lowest BCUT2D eigenvalue weighted by Gasteiger charge is -2.07. The van der Waals surface area contributed by atoms with Gasteiger partial charge in [0.15, 0.2) is 5.69 Å². The molecule has 5 nitrogen and oxygen atoms in total. The van der Waals surface area contributed by atoms with E-state index in [1.165, 1.54) is 18.0 Å². The van der Waals surface area contributed by atoms with Gasteiger partial charge in [0.25, 0.3) is 0 Å². The predicted octanol–water partition coefficient (Wildman–Crippen LogP) is 1.58. The number of ether oxygens (including phenoxy) is 1. The monoisotopic (exact) mass is 267 g/mol. The Labute approximate surface area is 107 Å². The van der Waals surface area contributed by atoms with Crippen LogP contribution in [0.1, 0.15) is 16.1 Å². The molecule has 0 saturated carbocycles. The summed E-state index contributed by atoms with van der Waals surface area (Å²) in [5.41, 5.74) is 5.75. The topological polar surface area (TPSA) is 70.1 Å². The van der Waals surface area contributed by atoms with Crippen molar-refractivity contribution in [3.05, 3.63) is 47.4 Å². The molecule has 0 fully saturated rings. The van der Waals surface area contributed by atoms with Gasteiger partial charge in [-0.15, -0.1) is 0 Å². The third-order valence-electron chi connectivity index (χ3n) is 2.61. The number of benzene rings is 1. The highest BCUT2D eigenvalue weighted by Gasteiger charge is 2.17. The summed E-state index contributed by atoms with van der Waals surface area (Å²) in [5.74, 6) is -1.76. The highest BCUT2D eigenvalue weighted by molar-refractivity contribution is 5.92. The first-order valence-corrected chi connectivity index (χ1v) is 5.35. The van der Waals surface area contributed by atoms with Crippen molar-refractivity contribution < 1.29 is 18.3 Å². The summed E-state index contributed by atoms with van der Waals surface area (Å²) in [7, 11) is 1.20. The Balaban J connectivity index is 2.31. The number of hydrogen-bond acceptors (Lipinski definition) is 4. The Kier molecular flexibility index (Phi) is 3.46. The minimum absolute atomic E-state index is 0.0284. The van der Waals surface area contributed by atoms with Crippen LogP contribution in [-0.4, -0.2) is 22.6 Å². The second-order valence-corrected chi connectivity index (χ2v) is 3.83. The van der Waals surface area contributed by atoms with Crippen LogP contribution < -0.4 is 5.73 Å². The molecule has 0 aliphatic carbocycles. The molecule has 0 spiro atoms. The predicted molar refractivity (Wildman–Crippen MR) is 63.4 cm³/mol. The van der Waals surface area contributed by atoms with Crippen LogP contribution in [0.15, 0.2) is 24.5 Å². The molecule has 0 aliphatic heterocycles. The molecule has 0 radical (unpaired) electrons. The Morgan fingerprint density at radius 1 is 1.47 bits per heavy atom. The van der Waals surface area contributed by atoms with Crippen molar-refractivity contribution in [3.8, 4) is 0 Å². The number of aromatic nitrogens is 2. The van der Waals surface area contributed by atoms with Gasteiger partial charge in [-0.3, -0.25) is 0 Å². The number of halogens is 2. The molecule has 1 aromatic heterocycles. The van der Waals surface area contributed by atoms with E-state index in [1.807, 2.05) is 0 Å². The maximum Gasteiger partial charge on any atom is 0.360 e. The standard InChI is InChI=1S/C12H11F2N3O2/c1-19-12(18)10-11(15)17(6-16-10)5-7-4-8(13)2-3-9(7)14/h2-4,6H,5,15H2,1H3. The molecule has 19 heavy (non-hydrogen) atoms. The third kappa shape index (κ3) is 2.54. The van der Waals surface area contributed by atoms with Crippen molar-refractivity contribution in [1.29, 1.82) is 0 Å². The van der Waals surface area contributed by atoms with Crippen LogP contribution in [0.3, 0.4) is 0 Å². The summed E-state index contributed by atoms with van der Waals surface area (Å²) in [6, 6.07) is 3.11. The number of carbonyl (C=O) groups is 1. The zero-order valence-corrected chi connectivity index (χ0v) is 10.1. The average Bonchev–Trinajstić information content (AvgIpc) is 2.75. The number of nitrogen functional groups attached to an aromatic ring is 1. The number of nitrogens with zero attached hydrogens (tertiary/aromatic N) is 2. The quantitative estimate of drug-likeness (QED) is 0.857. The van der Waals surface area contributed by atoms with Gasteiger partial charge < -0.3 is 15.0 Å². The number of carbonyl (C=O) groups excluding carboxylic acids is 1. The van der Waals surface area contributed by atoms with Crippen LogP contribution >= 0.6 is 0 Å². The molecule has 7 heteroatoms. The largest absolute Gasteiger partial charge is 0.464 e. The molecular weight excluding hydrogens is 256 g/mol. The molecule has 0 unspecified atom stereocenters. The molecule has 0 amide bonds. The van der Waals surface area contributed by atoms with Crippen molar-refractivity contribution >= 4 is 11.8 Å². The van der Waals surface area contributed by atoms with E-state index in [0.29, 0.717) is 0 Å². The first kappa shape index (κ1) is 13.0. The van der Waals surface area contributed by atoms with E-state index in [2.05, 4.69) is 9.72 Å². The van der Waals surface area contributed by atoms with Crippen molar-refractivity contribution in [1.82, 2.24) is 9.55 Å². The van der Waals surface area contributed by atoms with E-state index in [1.54, 1.807) is 0 Å². The fourth-order valence-corrected chi connectivity index (χ4v) is 1.62. The van der Waals surface area contributed by atoms with Crippen molar-refractivity contribution in [2.45, 2.75) is 6.54 Å². The van der Waals surface area contributed by atoms with Crippen LogP contribution in [0.25, 0.3) is 0 Å². The number of nitrogens with two attached hydrogens (primary N) is 1. The van der Waals surface area contributed by atoms with E-state index in [9.17, 15) is 13.6 Å². The zero-order valence-electron chi connectivity index (χ0n) is 10.1. The van der Waals surface area contributed by atoms with E-state index in [4.69, 9.17) is 5.73 Å². The fraction of sp³-hybridized carbons (Fsp3) is 0.167. The highest BCUT2D eigenvalue weighted by Crippen LogP contribution is 2.16. The normalized spacial score (nSPS) is 10.5. The maximum absolute atomic E-state index is 13.5. The fourth-order valence-electron chi connectivity index (χ4n) is 1.62. The van der Waals surface area contributed by atoms with Crippen molar-refractivity contribution in [3.63, 3.8) is 0 Å². The Morgan fingerprint density at radius 3 is 2.89 bits per heavy atom. The number of rotatable bonds is 3. The lowest BCUT2D eigenvalue weighted by Crippen LogP contribution is -2.09. The van der Waals surface area contributed by atoms with Gasteiger partial charge in [0.1, 0.15) is 17.5 Å². The first-order valence-electron chi connectivity index (χ1n) is 5.35. The summed E-state index contributed by atoms with van der Waals surface area (Å²) in [6.07, 6.45) is 1.27. The Morgan fingerprint density at radius 2 is 2.21 bits per heavy atom. The minimum Gasteiger partial charge on any atom is -0.464 e. The summed E-state index contributed by atoms with van der Waals surface area (Å²) in [4.78, 5) is 15.1. The third-order valence-corrected chi connectivity index (χ3v) is 2.61. The summed E-state index contributed by atoms with van der Waals surface area (Å²) in [6.45, 7) is -0.0284. The summed E-state index contributed by atoms with van der Waals surface area (Å²) in [5, 5.41) is 0. The van der Waals surface area contributed by atoms with Crippen LogP contribution in [-0.2, 0) is 11.3 Å². The maximum atomic E-state index is 13.5. The summed E-state index contributed by atoms with van der Waals surface area (Å²) >= 11 is 0. The second-order valence-electron chi connectivity index (χ2n) is 3.83. The van der Waals surface area contributed by atoms with E-state index >= 15 is 0 Å². The molecule has 0 atom stereocenters. The number of anilines is 1. The van der Waals surface area contributed by atoms with Crippen LogP contribution in [0.2, 0.25) is 0 Å². The van der Waals surface area contributed by atoms with E-state index in [0.717, 1.165) is 18.2 Å². The molecule has 0 saturated heterocycles. The zero-order chi connectivity index (χ0) is 14.0. The smallest absolute Gasteiger partial charge is 0.360 e. The number of hydrogen-bond donors (Lipinski definition) is 1. The Hall–Kier alpha value is -2.44. The second kappa shape index (κ2) is 5.05. The highest BCUT2D eigenvalue weighted by atomic mass is 19.1. The molecule has 1 heterocycles. The molecule has 100 valence electrons. The van der Waals surface area contributed by atoms with Gasteiger partial charge in [-0.2, -0.15) is 0 Å². The molecule has 2 aromatic rings.